The Morgan fingerprint density at radius 2 is 1.84 bits per heavy atom. The van der Waals surface area contributed by atoms with Crippen LogP contribution in [0.2, 0.25) is 0 Å². The van der Waals surface area contributed by atoms with E-state index in [1.54, 1.807) is 12.1 Å². The number of hydrogen-bond donors (Lipinski definition) is 1. The summed E-state index contributed by atoms with van der Waals surface area (Å²) < 4.78 is 27.1. The summed E-state index contributed by atoms with van der Waals surface area (Å²) >= 11 is 0. The number of carbonyl (C=O) groups is 1. The van der Waals surface area contributed by atoms with Crippen LogP contribution in [-0.2, 0) is 10.0 Å². The summed E-state index contributed by atoms with van der Waals surface area (Å²) in [7, 11) is -3.60. The first kappa shape index (κ1) is 15.9. The molecule has 0 bridgehead atoms. The van der Waals surface area contributed by atoms with Crippen LogP contribution in [0.3, 0.4) is 0 Å². The second-order valence-electron chi connectivity index (χ2n) is 5.79. The predicted molar refractivity (Wildman–Crippen MR) is 75.7 cm³/mol. The zero-order chi connectivity index (χ0) is 14.8. The Hall–Kier alpha value is -1.20. The number of Topliss-reactive ketones (excluding diaryl/α,β-unsaturated/α-hetero) is 1. The third-order valence-corrected chi connectivity index (χ3v) is 4.72. The van der Waals surface area contributed by atoms with Crippen molar-refractivity contribution in [2.45, 2.75) is 45.6 Å². The Kier molecular flexibility index (Phi) is 4.53. The molecule has 1 aromatic rings. The maximum atomic E-state index is 12.2. The molecule has 0 radical (unpaired) electrons. The standard InChI is InChI=1S/C14H21NO3S/c1-10(16)12-7-6-8-13(9-12)19(17,18)15-11(2)14(3,4)5/h6-9,11,15H,1-5H3. The molecule has 0 saturated carbocycles. The lowest BCUT2D eigenvalue weighted by molar-refractivity contribution is 0.101. The molecule has 1 aromatic carbocycles. The number of nitrogens with one attached hydrogen (secondary N) is 1. The van der Waals surface area contributed by atoms with E-state index >= 15 is 0 Å². The van der Waals surface area contributed by atoms with Crippen molar-refractivity contribution in [2.24, 2.45) is 5.41 Å². The number of sulfonamides is 1. The van der Waals surface area contributed by atoms with Crippen LogP contribution in [-0.4, -0.2) is 20.2 Å². The summed E-state index contributed by atoms with van der Waals surface area (Å²) in [5.41, 5.74) is 0.219. The normalized spacial score (nSPS) is 14.2. The van der Waals surface area contributed by atoms with E-state index in [0.29, 0.717) is 5.56 Å². The van der Waals surface area contributed by atoms with Gasteiger partial charge in [-0.3, -0.25) is 4.79 Å². The highest BCUT2D eigenvalue weighted by Crippen LogP contribution is 2.21. The predicted octanol–water partition coefficient (Wildman–Crippen LogP) is 2.60. The molecule has 0 aliphatic rings. The van der Waals surface area contributed by atoms with Gasteiger partial charge in [0.05, 0.1) is 4.90 Å². The van der Waals surface area contributed by atoms with Crippen molar-refractivity contribution in [2.75, 3.05) is 0 Å². The van der Waals surface area contributed by atoms with Crippen LogP contribution in [0.4, 0.5) is 0 Å². The Labute approximate surface area is 115 Å². The molecule has 0 fully saturated rings. The van der Waals surface area contributed by atoms with Crippen molar-refractivity contribution < 1.29 is 13.2 Å². The molecular formula is C14H21NO3S. The first-order valence-corrected chi connectivity index (χ1v) is 7.65. The molecule has 0 saturated heterocycles. The smallest absolute Gasteiger partial charge is 0.240 e. The SMILES string of the molecule is CC(=O)c1cccc(S(=O)(=O)NC(C)C(C)(C)C)c1. The van der Waals surface area contributed by atoms with Crippen molar-refractivity contribution in [3.63, 3.8) is 0 Å². The highest BCUT2D eigenvalue weighted by Gasteiger charge is 2.26. The summed E-state index contributed by atoms with van der Waals surface area (Å²) in [6.45, 7) is 9.13. The molecule has 4 nitrogen and oxygen atoms in total. The summed E-state index contributed by atoms with van der Waals surface area (Å²) in [6, 6.07) is 5.87. The first-order chi connectivity index (χ1) is 8.54. The van der Waals surface area contributed by atoms with Crippen LogP contribution < -0.4 is 4.72 Å². The highest BCUT2D eigenvalue weighted by molar-refractivity contribution is 7.89. The fraction of sp³-hybridized carbons (Fsp3) is 0.500. The second-order valence-corrected chi connectivity index (χ2v) is 7.51. The van der Waals surface area contributed by atoms with Crippen LogP contribution in [0, 0.1) is 5.41 Å². The molecule has 106 valence electrons. The van der Waals surface area contributed by atoms with E-state index < -0.39 is 10.0 Å². The molecule has 5 heteroatoms. The van der Waals surface area contributed by atoms with Crippen LogP contribution in [0.15, 0.2) is 29.2 Å². The molecule has 1 rings (SSSR count). The minimum atomic E-state index is -3.60. The molecule has 0 aromatic heterocycles. The van der Waals surface area contributed by atoms with Gasteiger partial charge in [0.25, 0.3) is 0 Å². The lowest BCUT2D eigenvalue weighted by Crippen LogP contribution is -2.41. The van der Waals surface area contributed by atoms with E-state index in [4.69, 9.17) is 0 Å². The Morgan fingerprint density at radius 1 is 1.26 bits per heavy atom. The summed E-state index contributed by atoms with van der Waals surface area (Å²) in [5.74, 6) is -0.152. The molecule has 1 N–H and O–H groups in total. The summed E-state index contributed by atoms with van der Waals surface area (Å²) in [6.07, 6.45) is 0. The number of rotatable bonds is 4. The van der Waals surface area contributed by atoms with Gasteiger partial charge in [0.1, 0.15) is 0 Å². The van der Waals surface area contributed by atoms with Gasteiger partial charge in [-0.25, -0.2) is 13.1 Å². The van der Waals surface area contributed by atoms with E-state index in [1.165, 1.54) is 19.1 Å². The van der Waals surface area contributed by atoms with Gasteiger partial charge >= 0.3 is 0 Å². The summed E-state index contributed by atoms with van der Waals surface area (Å²) in [5, 5.41) is 0. The van der Waals surface area contributed by atoms with Crippen LogP contribution >= 0.6 is 0 Å². The highest BCUT2D eigenvalue weighted by atomic mass is 32.2. The van der Waals surface area contributed by atoms with E-state index in [9.17, 15) is 13.2 Å². The van der Waals surface area contributed by atoms with Gasteiger partial charge in [-0.1, -0.05) is 32.9 Å². The topological polar surface area (TPSA) is 63.2 Å². The Bertz CT molecular complexity index is 571. The van der Waals surface area contributed by atoms with Gasteiger partial charge in [0.15, 0.2) is 5.78 Å². The van der Waals surface area contributed by atoms with E-state index in [0.717, 1.165) is 0 Å². The fourth-order valence-corrected chi connectivity index (χ4v) is 2.85. The maximum absolute atomic E-state index is 12.2. The van der Waals surface area contributed by atoms with Crippen LogP contribution in [0.1, 0.15) is 45.0 Å². The largest absolute Gasteiger partial charge is 0.295 e. The number of benzene rings is 1. The molecule has 0 aliphatic heterocycles. The molecule has 1 atom stereocenters. The quantitative estimate of drug-likeness (QED) is 0.864. The number of hydrogen-bond acceptors (Lipinski definition) is 3. The van der Waals surface area contributed by atoms with Gasteiger partial charge in [0.2, 0.25) is 10.0 Å². The maximum Gasteiger partial charge on any atom is 0.240 e. The Morgan fingerprint density at radius 3 is 2.32 bits per heavy atom. The van der Waals surface area contributed by atoms with Crippen LogP contribution in [0.25, 0.3) is 0 Å². The van der Waals surface area contributed by atoms with Gasteiger partial charge in [-0.2, -0.15) is 0 Å². The lowest BCUT2D eigenvalue weighted by Gasteiger charge is -2.27. The minimum Gasteiger partial charge on any atom is -0.295 e. The van der Waals surface area contributed by atoms with E-state index in [2.05, 4.69) is 4.72 Å². The third-order valence-electron chi connectivity index (χ3n) is 3.18. The van der Waals surface area contributed by atoms with E-state index in [1.807, 2.05) is 27.7 Å². The third kappa shape index (κ3) is 4.14. The fourth-order valence-electron chi connectivity index (χ4n) is 1.36. The zero-order valence-corrected chi connectivity index (χ0v) is 12.8. The molecule has 1 unspecified atom stereocenters. The number of ketones is 1. The van der Waals surface area contributed by atoms with Gasteiger partial charge in [0, 0.05) is 11.6 Å². The average molecular weight is 283 g/mol. The monoisotopic (exact) mass is 283 g/mol. The number of carbonyl (C=O) groups excluding carboxylic acids is 1. The first-order valence-electron chi connectivity index (χ1n) is 6.17. The molecule has 0 amide bonds. The molecule has 19 heavy (non-hydrogen) atoms. The van der Waals surface area contributed by atoms with Crippen molar-refractivity contribution >= 4 is 15.8 Å². The lowest BCUT2D eigenvalue weighted by atomic mass is 9.89. The average Bonchev–Trinajstić information content (AvgIpc) is 2.27. The molecule has 0 spiro atoms. The van der Waals surface area contributed by atoms with Gasteiger partial charge in [-0.15, -0.1) is 0 Å². The van der Waals surface area contributed by atoms with Crippen molar-refractivity contribution in [1.82, 2.24) is 4.72 Å². The molecule has 0 aliphatic carbocycles. The Balaban J connectivity index is 3.08. The van der Waals surface area contributed by atoms with Crippen molar-refractivity contribution in [3.05, 3.63) is 29.8 Å². The molecular weight excluding hydrogens is 262 g/mol. The van der Waals surface area contributed by atoms with Crippen molar-refractivity contribution in [3.8, 4) is 0 Å². The van der Waals surface area contributed by atoms with Gasteiger partial charge in [-0.05, 0) is 31.4 Å². The molecule has 0 heterocycles. The van der Waals surface area contributed by atoms with E-state index in [-0.39, 0.29) is 22.1 Å². The second kappa shape index (κ2) is 5.43. The summed E-state index contributed by atoms with van der Waals surface area (Å²) in [4.78, 5) is 11.4. The van der Waals surface area contributed by atoms with Crippen LogP contribution in [0.5, 0.6) is 0 Å². The van der Waals surface area contributed by atoms with Crippen molar-refractivity contribution in [1.29, 1.82) is 0 Å². The van der Waals surface area contributed by atoms with Gasteiger partial charge < -0.3 is 0 Å². The zero-order valence-electron chi connectivity index (χ0n) is 12.0. The minimum absolute atomic E-state index is 0.122.